The van der Waals surface area contributed by atoms with Crippen molar-refractivity contribution in [2.24, 2.45) is 0 Å². The third-order valence-electron chi connectivity index (χ3n) is 3.58. The number of aromatic carboxylic acids is 1. The topological polar surface area (TPSA) is 63.1 Å². The van der Waals surface area contributed by atoms with Crippen molar-refractivity contribution in [3.8, 4) is 11.3 Å². The molecule has 0 atom stereocenters. The van der Waals surface area contributed by atoms with Gasteiger partial charge in [-0.05, 0) is 29.3 Å². The molecule has 1 radical (unpaired) electrons. The SMILES string of the molecule is Fc1ccnc(-c2[c-]cccc2)c1.O=C(O)c1nccc2ccccc12.[Ir]. The number of carbonyl (C=O) groups is 1. The first-order valence-electron chi connectivity index (χ1n) is 7.81. The van der Waals surface area contributed by atoms with Gasteiger partial charge in [-0.3, -0.25) is 0 Å². The Kier molecular flexibility index (Phi) is 7.29. The van der Waals surface area contributed by atoms with Gasteiger partial charge in [-0.15, -0.1) is 35.9 Å². The minimum absolute atomic E-state index is 0. The third kappa shape index (κ3) is 5.26. The van der Waals surface area contributed by atoms with Crippen LogP contribution in [-0.4, -0.2) is 21.0 Å². The fourth-order valence-electron chi connectivity index (χ4n) is 2.39. The van der Waals surface area contributed by atoms with Gasteiger partial charge in [0, 0.05) is 37.9 Å². The van der Waals surface area contributed by atoms with Crippen molar-refractivity contribution < 1.29 is 34.4 Å². The number of rotatable bonds is 2. The zero-order valence-corrected chi connectivity index (χ0v) is 16.4. The Hall–Kier alpha value is -2.95. The number of hydrogen-bond donors (Lipinski definition) is 1. The van der Waals surface area contributed by atoms with Crippen molar-refractivity contribution in [1.29, 1.82) is 0 Å². The molecule has 0 saturated heterocycles. The molecule has 0 unspecified atom stereocenters. The molecule has 0 spiro atoms. The van der Waals surface area contributed by atoms with Crippen LogP contribution in [-0.2, 0) is 20.1 Å². The van der Waals surface area contributed by atoms with Gasteiger partial charge in [0.15, 0.2) is 5.69 Å². The molecular weight excluding hydrogens is 523 g/mol. The summed E-state index contributed by atoms with van der Waals surface area (Å²) < 4.78 is 12.8. The maximum absolute atomic E-state index is 12.8. The molecule has 6 heteroatoms. The molecular formula is C21H14FIrN2O2-. The van der Waals surface area contributed by atoms with Crippen molar-refractivity contribution >= 4 is 16.7 Å². The maximum atomic E-state index is 12.8. The molecule has 0 bridgehead atoms. The third-order valence-corrected chi connectivity index (χ3v) is 3.58. The average Bonchev–Trinajstić information content (AvgIpc) is 2.68. The van der Waals surface area contributed by atoms with Crippen molar-refractivity contribution in [2.45, 2.75) is 0 Å². The zero-order valence-electron chi connectivity index (χ0n) is 14.0. The molecule has 0 fully saturated rings. The summed E-state index contributed by atoms with van der Waals surface area (Å²) in [6.07, 6.45) is 2.96. The van der Waals surface area contributed by atoms with Gasteiger partial charge >= 0.3 is 5.97 Å². The molecule has 4 nitrogen and oxygen atoms in total. The number of aromatic nitrogens is 2. The number of fused-ring (bicyclic) bond motifs is 1. The average molecular weight is 538 g/mol. The molecule has 0 aliphatic carbocycles. The van der Waals surface area contributed by atoms with E-state index in [4.69, 9.17) is 5.11 Å². The molecule has 2 heterocycles. The molecule has 0 amide bonds. The summed E-state index contributed by atoms with van der Waals surface area (Å²) in [5.74, 6) is -1.26. The second-order valence-electron chi connectivity index (χ2n) is 5.32. The van der Waals surface area contributed by atoms with Crippen LogP contribution >= 0.6 is 0 Å². The van der Waals surface area contributed by atoms with Gasteiger partial charge in [0.2, 0.25) is 0 Å². The van der Waals surface area contributed by atoms with Gasteiger partial charge < -0.3 is 10.1 Å². The molecule has 1 N–H and O–H groups in total. The summed E-state index contributed by atoms with van der Waals surface area (Å²) in [7, 11) is 0. The number of carboxylic acid groups (broad SMARTS) is 1. The Labute approximate surface area is 169 Å². The van der Waals surface area contributed by atoms with Crippen LogP contribution in [0.1, 0.15) is 10.5 Å². The summed E-state index contributed by atoms with van der Waals surface area (Å²) >= 11 is 0. The largest absolute Gasteiger partial charge is 0.476 e. The summed E-state index contributed by atoms with van der Waals surface area (Å²) in [6.45, 7) is 0. The van der Waals surface area contributed by atoms with Crippen molar-refractivity contribution in [3.05, 3.63) is 96.7 Å². The molecule has 2 aromatic carbocycles. The molecule has 0 aliphatic rings. The van der Waals surface area contributed by atoms with Gasteiger partial charge in [-0.1, -0.05) is 24.3 Å². The van der Waals surface area contributed by atoms with Crippen LogP contribution in [0.3, 0.4) is 0 Å². The van der Waals surface area contributed by atoms with Gasteiger partial charge in [0.05, 0.1) is 0 Å². The fourth-order valence-corrected chi connectivity index (χ4v) is 2.39. The predicted octanol–water partition coefficient (Wildman–Crippen LogP) is 4.62. The van der Waals surface area contributed by atoms with Crippen LogP contribution in [0.5, 0.6) is 0 Å². The Morgan fingerprint density at radius 2 is 1.70 bits per heavy atom. The maximum Gasteiger partial charge on any atom is 0.355 e. The minimum atomic E-state index is -0.989. The number of pyridine rings is 2. The summed E-state index contributed by atoms with van der Waals surface area (Å²) in [6, 6.07) is 22.2. The van der Waals surface area contributed by atoms with E-state index in [1.165, 1.54) is 24.5 Å². The minimum Gasteiger partial charge on any atom is -0.476 e. The molecule has 4 rings (SSSR count). The van der Waals surface area contributed by atoms with E-state index in [2.05, 4.69) is 16.0 Å². The first-order chi connectivity index (χ1) is 12.6. The van der Waals surface area contributed by atoms with Crippen LogP contribution < -0.4 is 0 Å². The van der Waals surface area contributed by atoms with E-state index in [0.717, 1.165) is 10.9 Å². The Morgan fingerprint density at radius 1 is 0.963 bits per heavy atom. The number of hydrogen-bond acceptors (Lipinski definition) is 3. The second-order valence-corrected chi connectivity index (χ2v) is 5.32. The Morgan fingerprint density at radius 3 is 2.41 bits per heavy atom. The van der Waals surface area contributed by atoms with Crippen LogP contribution in [0.15, 0.2) is 79.1 Å². The quantitative estimate of drug-likeness (QED) is 0.379. The smallest absolute Gasteiger partial charge is 0.355 e. The normalized spacial score (nSPS) is 9.67. The molecule has 2 aromatic heterocycles. The fraction of sp³-hybridized carbons (Fsp3) is 0. The van der Waals surface area contributed by atoms with Crippen LogP contribution in [0, 0.1) is 11.9 Å². The number of benzene rings is 2. The molecule has 137 valence electrons. The number of carboxylic acids is 1. The number of halogens is 1. The van der Waals surface area contributed by atoms with E-state index in [0.29, 0.717) is 11.1 Å². The van der Waals surface area contributed by atoms with Gasteiger partial charge in [0.1, 0.15) is 5.82 Å². The van der Waals surface area contributed by atoms with Gasteiger partial charge in [0.25, 0.3) is 0 Å². The van der Waals surface area contributed by atoms with E-state index >= 15 is 0 Å². The summed E-state index contributed by atoms with van der Waals surface area (Å²) in [5.41, 5.74) is 1.53. The summed E-state index contributed by atoms with van der Waals surface area (Å²) in [5, 5.41) is 10.4. The van der Waals surface area contributed by atoms with E-state index in [9.17, 15) is 9.18 Å². The molecule has 4 aromatic rings. The summed E-state index contributed by atoms with van der Waals surface area (Å²) in [4.78, 5) is 18.6. The monoisotopic (exact) mass is 538 g/mol. The predicted molar refractivity (Wildman–Crippen MR) is 97.2 cm³/mol. The van der Waals surface area contributed by atoms with Crippen molar-refractivity contribution in [2.75, 3.05) is 0 Å². The van der Waals surface area contributed by atoms with Crippen LogP contribution in [0.2, 0.25) is 0 Å². The molecule has 27 heavy (non-hydrogen) atoms. The molecule has 0 aliphatic heterocycles. The second kappa shape index (κ2) is 9.67. The molecule has 0 saturated carbocycles. The zero-order chi connectivity index (χ0) is 18.4. The van der Waals surface area contributed by atoms with E-state index < -0.39 is 5.97 Å². The van der Waals surface area contributed by atoms with Crippen LogP contribution in [0.25, 0.3) is 22.0 Å². The van der Waals surface area contributed by atoms with E-state index in [-0.39, 0.29) is 31.6 Å². The van der Waals surface area contributed by atoms with Crippen molar-refractivity contribution in [3.63, 3.8) is 0 Å². The van der Waals surface area contributed by atoms with Gasteiger partial charge in [-0.25, -0.2) is 14.2 Å². The van der Waals surface area contributed by atoms with Crippen LogP contribution in [0.4, 0.5) is 4.39 Å². The first-order valence-corrected chi connectivity index (χ1v) is 7.81. The van der Waals surface area contributed by atoms with Crippen molar-refractivity contribution in [1.82, 2.24) is 9.97 Å². The Balaban J connectivity index is 0.000000187. The van der Waals surface area contributed by atoms with E-state index in [1.54, 1.807) is 24.3 Å². The first kappa shape index (κ1) is 20.4. The Bertz CT molecular complexity index is 1040. The van der Waals surface area contributed by atoms with E-state index in [1.807, 2.05) is 30.3 Å². The number of nitrogens with zero attached hydrogens (tertiary/aromatic N) is 2. The standard InChI is InChI=1S/C11H7FN.C10H7NO2.Ir/c12-10-6-7-13-11(8-10)9-4-2-1-3-5-9;12-10(13)9-8-4-2-1-3-7(8)5-6-11-9;/h1-4,6-8H;1-6H,(H,12,13);/q-1;;. The van der Waals surface area contributed by atoms with Gasteiger partial charge in [-0.2, -0.15) is 0 Å².